The van der Waals surface area contributed by atoms with E-state index < -0.39 is 20.2 Å². The maximum absolute atomic E-state index is 9.72. The van der Waals surface area contributed by atoms with Gasteiger partial charge in [-0.2, -0.15) is 14.3 Å². The Bertz CT molecular complexity index is 266. The van der Waals surface area contributed by atoms with Crippen molar-refractivity contribution in [1.82, 2.24) is 0 Å². The Kier molecular flexibility index (Phi) is 5.61. The Labute approximate surface area is 65.0 Å². The second kappa shape index (κ2) is 4.62. The molecule has 7 nitrogen and oxygen atoms in total. The van der Waals surface area contributed by atoms with E-state index in [2.05, 4.69) is 10.2 Å². The summed E-state index contributed by atoms with van der Waals surface area (Å²) in [6.45, 7) is 0. The molecule has 0 unspecified atom stereocenters. The zero-order valence-electron chi connectivity index (χ0n) is 5.97. The normalized spacial score (nSPS) is 11.6. The summed E-state index contributed by atoms with van der Waals surface area (Å²) in [5.41, 5.74) is 0. The van der Waals surface area contributed by atoms with Gasteiger partial charge in [0.15, 0.2) is 0 Å². The molecule has 0 aliphatic rings. The van der Waals surface area contributed by atoms with Crippen LogP contribution in [0.2, 0.25) is 0 Å². The summed E-state index contributed by atoms with van der Waals surface area (Å²) in [5.74, 6) is 2.67. The van der Waals surface area contributed by atoms with Gasteiger partial charge in [0.1, 0.15) is 0 Å². The zero-order valence-corrected chi connectivity index (χ0v) is 7.61. The van der Waals surface area contributed by atoms with Crippen molar-refractivity contribution in [3.05, 3.63) is 0 Å². The van der Waals surface area contributed by atoms with Gasteiger partial charge >= 0.3 is 10.1 Å². The molecule has 0 atom stereocenters. The van der Waals surface area contributed by atoms with Crippen molar-refractivity contribution in [2.24, 2.45) is 0 Å². The maximum atomic E-state index is 9.72. The smallest absolute Gasteiger partial charge is 0.310 e. The average Bonchev–Trinajstić information content (AvgIpc) is 1.59. The van der Waals surface area contributed by atoms with Crippen molar-refractivity contribution in [3.8, 4) is 0 Å². The molecule has 0 saturated heterocycles. The van der Waals surface area contributed by atoms with E-state index >= 15 is 0 Å². The Morgan fingerprint density at radius 1 is 1.18 bits per heavy atom. The summed E-state index contributed by atoms with van der Waals surface area (Å²) in [5, 5.41) is 0. The molecule has 0 bridgehead atoms. The molecule has 0 rings (SSSR count). The number of quaternary nitrogens is 1. The summed E-state index contributed by atoms with van der Waals surface area (Å²) >= 11 is 0. The summed E-state index contributed by atoms with van der Waals surface area (Å²) in [6, 6.07) is 0. The Morgan fingerprint density at radius 3 is 1.27 bits per heavy atom. The van der Waals surface area contributed by atoms with Gasteiger partial charge in [-0.3, -0.25) is 0 Å². The minimum Gasteiger partial charge on any atom is -0.748 e. The highest BCUT2D eigenvalue weighted by molar-refractivity contribution is 7.85. The van der Waals surface area contributed by atoms with E-state index in [4.69, 9.17) is 13.0 Å². The average molecular weight is 207 g/mol. The third-order valence-corrected chi connectivity index (χ3v) is 0.642. The topological polar surface area (TPSA) is 128 Å². The van der Waals surface area contributed by atoms with E-state index in [0.29, 0.717) is 6.26 Å². The zero-order chi connectivity index (χ0) is 9.71. The Morgan fingerprint density at radius 2 is 1.27 bits per heavy atom. The Hall–Kier alpha value is -0.220. The van der Waals surface area contributed by atoms with Crippen LogP contribution in [-0.4, -0.2) is 33.9 Å². The molecular weight excluding hydrogens is 198 g/mol. The highest BCUT2D eigenvalue weighted by Crippen LogP contribution is 1.69. The molecule has 0 aliphatic heterocycles. The van der Waals surface area contributed by atoms with E-state index in [1.54, 1.807) is 0 Å². The fraction of sp³-hybridized carbons (Fsp3) is 1.00. The minimum absolute atomic E-state index is 0.604. The van der Waals surface area contributed by atoms with Gasteiger partial charge in [0.25, 0.3) is 0 Å². The molecule has 9 heteroatoms. The number of rotatable bonds is 1. The molecule has 0 spiro atoms. The first kappa shape index (κ1) is 13.4. The standard InChI is InChI=1S/CH6NO3S.CH4O3S/c1-6(3,4)5-2;1-5(2,3)4/h1-2H3;1H3,(H,2,3,4)/q+1;/p-1. The van der Waals surface area contributed by atoms with Crippen LogP contribution in [0.4, 0.5) is 0 Å². The van der Waals surface area contributed by atoms with E-state index in [9.17, 15) is 8.42 Å². The molecule has 0 aliphatic carbocycles. The summed E-state index contributed by atoms with van der Waals surface area (Å²) < 4.78 is 50.3. The first-order chi connectivity index (χ1) is 4.56. The molecule has 0 aromatic heterocycles. The predicted molar refractivity (Wildman–Crippen MR) is 34.4 cm³/mol. The third kappa shape index (κ3) is 76.6. The third-order valence-electron chi connectivity index (χ3n) is 0.214. The maximum Gasteiger partial charge on any atom is 0.310 e. The Balaban J connectivity index is 0. The van der Waals surface area contributed by atoms with Gasteiger partial charge in [-0.25, -0.2) is 8.42 Å². The molecule has 0 aromatic carbocycles. The summed E-state index contributed by atoms with van der Waals surface area (Å²) in [7, 11) is -7.19. The molecular formula is C2H9NO6S2. The van der Waals surface area contributed by atoms with Gasteiger partial charge in [-0.05, 0) is 0 Å². The van der Waals surface area contributed by atoms with Gasteiger partial charge < -0.3 is 4.55 Å². The van der Waals surface area contributed by atoms with Crippen LogP contribution < -0.4 is 5.90 Å². The highest BCUT2D eigenvalue weighted by Gasteiger charge is 1.95. The van der Waals surface area contributed by atoms with Crippen LogP contribution in [0, 0.1) is 0 Å². The molecule has 0 saturated carbocycles. The van der Waals surface area contributed by atoms with Crippen LogP contribution in [0.15, 0.2) is 0 Å². The van der Waals surface area contributed by atoms with Crippen LogP contribution in [0.5, 0.6) is 0 Å². The van der Waals surface area contributed by atoms with Gasteiger partial charge in [0.2, 0.25) is 0 Å². The number of hydrogen-bond acceptors (Lipinski definition) is 6. The first-order valence-corrected chi connectivity index (χ1v) is 5.74. The lowest BCUT2D eigenvalue weighted by molar-refractivity contribution is -0.634. The number of hydrogen-bond donors (Lipinski definition) is 1. The lowest BCUT2D eigenvalue weighted by Gasteiger charge is -1.90. The van der Waals surface area contributed by atoms with Crippen LogP contribution in [0.1, 0.15) is 0 Å². The van der Waals surface area contributed by atoms with Crippen molar-refractivity contribution in [2.75, 3.05) is 12.5 Å². The largest absolute Gasteiger partial charge is 0.748 e. The van der Waals surface area contributed by atoms with Crippen molar-refractivity contribution >= 4 is 20.2 Å². The van der Waals surface area contributed by atoms with Gasteiger partial charge in [0.05, 0.1) is 16.4 Å². The van der Waals surface area contributed by atoms with Crippen LogP contribution in [-0.2, 0) is 24.5 Å². The van der Waals surface area contributed by atoms with Crippen molar-refractivity contribution in [2.45, 2.75) is 0 Å². The van der Waals surface area contributed by atoms with Crippen molar-refractivity contribution in [3.63, 3.8) is 0 Å². The molecule has 0 aromatic rings. The highest BCUT2D eigenvalue weighted by atomic mass is 32.2. The molecule has 0 heterocycles. The quantitative estimate of drug-likeness (QED) is 0.367. The monoisotopic (exact) mass is 207 g/mol. The second-order valence-electron chi connectivity index (χ2n) is 1.53. The minimum atomic E-state index is -3.92. The lowest BCUT2D eigenvalue weighted by atomic mass is 12.0. The predicted octanol–water partition coefficient (Wildman–Crippen LogP) is -2.72. The second-order valence-corrected chi connectivity index (χ2v) is 4.58. The molecule has 70 valence electrons. The van der Waals surface area contributed by atoms with Crippen LogP contribution in [0.25, 0.3) is 0 Å². The molecule has 3 N–H and O–H groups in total. The van der Waals surface area contributed by atoms with Gasteiger partial charge in [-0.15, -0.1) is 0 Å². The molecule has 0 fully saturated rings. The first-order valence-electron chi connectivity index (χ1n) is 2.11. The molecule has 11 heavy (non-hydrogen) atoms. The fourth-order valence-electron chi connectivity index (χ4n) is 0. The van der Waals surface area contributed by atoms with Crippen LogP contribution >= 0.6 is 0 Å². The lowest BCUT2D eigenvalue weighted by Crippen LogP contribution is -2.50. The van der Waals surface area contributed by atoms with Gasteiger partial charge in [-0.1, -0.05) is 4.28 Å². The summed E-state index contributed by atoms with van der Waals surface area (Å²) in [6.07, 6.45) is 1.53. The van der Waals surface area contributed by atoms with E-state index in [-0.39, 0.29) is 0 Å². The fourth-order valence-corrected chi connectivity index (χ4v) is 0. The van der Waals surface area contributed by atoms with Gasteiger partial charge in [0, 0.05) is 6.26 Å². The molecule has 0 radical (unpaired) electrons. The van der Waals surface area contributed by atoms with E-state index in [0.717, 1.165) is 6.26 Å². The SMILES string of the molecule is CS(=O)(=O)O[NH3+].CS(=O)(=O)[O-]. The van der Waals surface area contributed by atoms with Crippen molar-refractivity contribution in [1.29, 1.82) is 0 Å². The molecule has 0 amide bonds. The van der Waals surface area contributed by atoms with Crippen LogP contribution in [0.3, 0.4) is 0 Å². The summed E-state index contributed by atoms with van der Waals surface area (Å²) in [4.78, 5) is 0. The van der Waals surface area contributed by atoms with E-state index in [1.165, 1.54) is 0 Å². The van der Waals surface area contributed by atoms with E-state index in [1.807, 2.05) is 0 Å². The van der Waals surface area contributed by atoms with Crippen molar-refractivity contribution < 1.29 is 31.6 Å².